The highest BCUT2D eigenvalue weighted by atomic mass is 32.2. The molecule has 6 heteroatoms. The average Bonchev–Trinajstić information content (AvgIpc) is 3.07. The largest absolute Gasteiger partial charge is 0.467 e. The van der Waals surface area contributed by atoms with Gasteiger partial charge in [-0.2, -0.15) is 0 Å². The minimum Gasteiger partial charge on any atom is -0.467 e. The molecule has 3 rings (SSSR count). The lowest BCUT2D eigenvalue weighted by atomic mass is 10.1. The molecule has 0 fully saturated rings. The quantitative estimate of drug-likeness (QED) is 0.865. The Labute approximate surface area is 113 Å². The molecule has 0 radical (unpaired) electrons. The number of Topliss-reactive ketones (excluding diaryl/α,β-unsaturated/α-hetero) is 1. The number of carbonyl (C=O) groups excluding carboxylic acids is 1. The van der Waals surface area contributed by atoms with Gasteiger partial charge in [0.15, 0.2) is 11.0 Å². The second-order valence-corrected chi connectivity index (χ2v) is 5.21. The lowest BCUT2D eigenvalue weighted by Crippen LogP contribution is -2.22. The Balaban J connectivity index is 1.90. The van der Waals surface area contributed by atoms with Crippen molar-refractivity contribution in [3.05, 3.63) is 54.2 Å². The number of aromatic nitrogens is 1. The summed E-state index contributed by atoms with van der Waals surface area (Å²) in [5, 5.41) is -0.0169. The Hall–Kier alpha value is -2.08. The molecule has 19 heavy (non-hydrogen) atoms. The number of pyridine rings is 1. The zero-order valence-corrected chi connectivity index (χ0v) is 10.7. The van der Waals surface area contributed by atoms with Gasteiger partial charge in [0, 0.05) is 6.20 Å². The number of nitrogens with zero attached hydrogens (tertiary/aromatic N) is 2. The standard InChI is InChI=1S/C13H11N3O2S/c14-13-16-10(9-5-3-7-18-9)12(19-13)11(17)8-4-1-2-6-15-8/h1-7,10,12H,(H2,14,16). The molecule has 5 nitrogen and oxygen atoms in total. The topological polar surface area (TPSA) is 81.5 Å². The molecule has 0 spiro atoms. The Morgan fingerprint density at radius 2 is 2.21 bits per heavy atom. The van der Waals surface area contributed by atoms with E-state index < -0.39 is 5.25 Å². The van der Waals surface area contributed by atoms with E-state index in [9.17, 15) is 4.79 Å². The van der Waals surface area contributed by atoms with Crippen LogP contribution in [0.5, 0.6) is 0 Å². The molecule has 2 unspecified atom stereocenters. The molecule has 2 atom stereocenters. The molecule has 0 bridgehead atoms. The van der Waals surface area contributed by atoms with E-state index >= 15 is 0 Å². The van der Waals surface area contributed by atoms with Crippen LogP contribution in [-0.2, 0) is 0 Å². The summed E-state index contributed by atoms with van der Waals surface area (Å²) in [7, 11) is 0. The van der Waals surface area contributed by atoms with E-state index in [-0.39, 0.29) is 11.8 Å². The second-order valence-electron chi connectivity index (χ2n) is 4.05. The summed E-state index contributed by atoms with van der Waals surface area (Å²) in [6.07, 6.45) is 3.16. The Morgan fingerprint density at radius 1 is 1.32 bits per heavy atom. The lowest BCUT2D eigenvalue weighted by molar-refractivity contribution is 0.0975. The van der Waals surface area contributed by atoms with Crippen molar-refractivity contribution in [3.63, 3.8) is 0 Å². The van der Waals surface area contributed by atoms with Crippen molar-refractivity contribution in [2.75, 3.05) is 0 Å². The number of aliphatic imine (C=N–C) groups is 1. The van der Waals surface area contributed by atoms with Crippen molar-refractivity contribution in [1.82, 2.24) is 4.98 Å². The van der Waals surface area contributed by atoms with E-state index in [4.69, 9.17) is 10.2 Å². The molecule has 2 N–H and O–H groups in total. The maximum absolute atomic E-state index is 12.4. The van der Waals surface area contributed by atoms with Gasteiger partial charge in [0.05, 0.1) is 6.26 Å². The number of furan rings is 1. The molecule has 3 heterocycles. The number of amidine groups is 1. The maximum atomic E-state index is 12.4. The number of rotatable bonds is 3. The van der Waals surface area contributed by atoms with Gasteiger partial charge in [-0.05, 0) is 24.3 Å². The van der Waals surface area contributed by atoms with Gasteiger partial charge in [-0.15, -0.1) is 0 Å². The molecule has 0 saturated carbocycles. The Morgan fingerprint density at radius 3 is 2.89 bits per heavy atom. The lowest BCUT2D eigenvalue weighted by Gasteiger charge is -2.13. The summed E-state index contributed by atoms with van der Waals surface area (Å²) in [5.74, 6) is 0.554. The molecule has 1 aliphatic rings. The van der Waals surface area contributed by atoms with Crippen LogP contribution >= 0.6 is 11.8 Å². The van der Waals surface area contributed by atoms with Crippen molar-refractivity contribution in [2.24, 2.45) is 10.7 Å². The minimum atomic E-state index is -0.416. The van der Waals surface area contributed by atoms with E-state index in [2.05, 4.69) is 9.98 Å². The zero-order chi connectivity index (χ0) is 13.2. The SMILES string of the molecule is NC1=NC(c2ccco2)C(C(=O)c2ccccn2)S1. The third-order valence-electron chi connectivity index (χ3n) is 2.81. The summed E-state index contributed by atoms with van der Waals surface area (Å²) < 4.78 is 5.33. The first-order chi connectivity index (χ1) is 9.25. The first kappa shape index (κ1) is 12.0. The molecule has 0 aromatic carbocycles. The van der Waals surface area contributed by atoms with Crippen molar-refractivity contribution < 1.29 is 9.21 Å². The van der Waals surface area contributed by atoms with Gasteiger partial charge in [-0.25, -0.2) is 4.99 Å². The summed E-state index contributed by atoms with van der Waals surface area (Å²) >= 11 is 1.25. The fraction of sp³-hybridized carbons (Fsp3) is 0.154. The maximum Gasteiger partial charge on any atom is 0.197 e. The zero-order valence-electron chi connectivity index (χ0n) is 9.89. The number of ketones is 1. The predicted molar refractivity (Wildman–Crippen MR) is 73.0 cm³/mol. The van der Waals surface area contributed by atoms with E-state index in [0.717, 1.165) is 0 Å². The number of carbonyl (C=O) groups is 1. The highest BCUT2D eigenvalue weighted by Gasteiger charge is 2.38. The van der Waals surface area contributed by atoms with E-state index in [1.54, 1.807) is 42.8 Å². The number of nitrogens with two attached hydrogens (primary N) is 1. The molecule has 96 valence electrons. The molecule has 2 aromatic heterocycles. The normalized spacial score (nSPS) is 22.2. The van der Waals surface area contributed by atoms with E-state index in [1.165, 1.54) is 11.8 Å². The fourth-order valence-corrected chi connectivity index (χ4v) is 2.94. The summed E-state index contributed by atoms with van der Waals surface area (Å²) in [6, 6.07) is 8.43. The van der Waals surface area contributed by atoms with Crippen LogP contribution in [0.25, 0.3) is 0 Å². The predicted octanol–water partition coefficient (Wildman–Crippen LogP) is 2.03. The van der Waals surface area contributed by atoms with Crippen molar-refractivity contribution in [3.8, 4) is 0 Å². The summed E-state index contributed by atoms with van der Waals surface area (Å²) in [6.45, 7) is 0. The van der Waals surface area contributed by atoms with Crippen LogP contribution < -0.4 is 5.73 Å². The summed E-state index contributed by atoms with van der Waals surface area (Å²) in [4.78, 5) is 20.8. The Bertz CT molecular complexity index is 610. The number of hydrogen-bond acceptors (Lipinski definition) is 6. The van der Waals surface area contributed by atoms with Gasteiger partial charge in [-0.1, -0.05) is 17.8 Å². The highest BCUT2D eigenvalue weighted by molar-refractivity contribution is 8.15. The summed E-state index contributed by atoms with van der Waals surface area (Å²) in [5.41, 5.74) is 6.15. The van der Waals surface area contributed by atoms with Crippen LogP contribution in [0.2, 0.25) is 0 Å². The molecule has 0 saturated heterocycles. The average molecular weight is 273 g/mol. The molecule has 1 aliphatic heterocycles. The first-order valence-electron chi connectivity index (χ1n) is 5.74. The van der Waals surface area contributed by atoms with E-state index in [1.807, 2.05) is 0 Å². The van der Waals surface area contributed by atoms with Crippen molar-refractivity contribution in [2.45, 2.75) is 11.3 Å². The monoisotopic (exact) mass is 273 g/mol. The molecular formula is C13H11N3O2S. The van der Waals surface area contributed by atoms with Crippen LogP contribution in [0.3, 0.4) is 0 Å². The minimum absolute atomic E-state index is 0.0869. The molecule has 2 aromatic rings. The van der Waals surface area contributed by atoms with Gasteiger partial charge in [0.2, 0.25) is 0 Å². The van der Waals surface area contributed by atoms with Crippen LogP contribution in [0.4, 0.5) is 0 Å². The number of hydrogen-bond donors (Lipinski definition) is 1. The third kappa shape index (κ3) is 2.26. The van der Waals surface area contributed by atoms with Crippen LogP contribution in [0.15, 0.2) is 52.2 Å². The molecule has 0 amide bonds. The van der Waals surface area contributed by atoms with Crippen molar-refractivity contribution >= 4 is 22.7 Å². The van der Waals surface area contributed by atoms with Gasteiger partial charge < -0.3 is 10.2 Å². The first-order valence-corrected chi connectivity index (χ1v) is 6.62. The van der Waals surface area contributed by atoms with Gasteiger partial charge >= 0.3 is 0 Å². The van der Waals surface area contributed by atoms with E-state index in [0.29, 0.717) is 16.6 Å². The number of thioether (sulfide) groups is 1. The molecular weight excluding hydrogens is 262 g/mol. The van der Waals surface area contributed by atoms with Crippen LogP contribution in [0, 0.1) is 0 Å². The van der Waals surface area contributed by atoms with Gasteiger partial charge in [0.1, 0.15) is 22.7 Å². The Kier molecular flexibility index (Phi) is 3.08. The fourth-order valence-electron chi connectivity index (χ4n) is 1.95. The third-order valence-corrected chi connectivity index (χ3v) is 3.88. The van der Waals surface area contributed by atoms with Gasteiger partial charge in [-0.3, -0.25) is 9.78 Å². The second kappa shape index (κ2) is 4.89. The van der Waals surface area contributed by atoms with Gasteiger partial charge in [0.25, 0.3) is 0 Å². The van der Waals surface area contributed by atoms with Crippen molar-refractivity contribution in [1.29, 1.82) is 0 Å². The van der Waals surface area contributed by atoms with Crippen LogP contribution in [0.1, 0.15) is 22.3 Å². The highest BCUT2D eigenvalue weighted by Crippen LogP contribution is 2.38. The smallest absolute Gasteiger partial charge is 0.197 e. The van der Waals surface area contributed by atoms with Crippen LogP contribution in [-0.4, -0.2) is 21.2 Å². The molecule has 0 aliphatic carbocycles.